The molecule has 92 valence electrons. The van der Waals surface area contributed by atoms with Crippen LogP contribution in [0.4, 0.5) is 11.4 Å². The maximum absolute atomic E-state index is 4.41. The van der Waals surface area contributed by atoms with Crippen LogP contribution in [0.5, 0.6) is 0 Å². The Labute approximate surface area is 110 Å². The number of nitrogens with one attached hydrogen (secondary N) is 1. The summed E-state index contributed by atoms with van der Waals surface area (Å²) in [4.78, 5) is 7.64. The predicted octanol–water partition coefficient (Wildman–Crippen LogP) is 3.91. The topological polar surface area (TPSA) is 44.0 Å². The fourth-order valence-corrected chi connectivity index (χ4v) is 2.55. The normalized spacial score (nSPS) is 13.1. The first kappa shape index (κ1) is 10.4. The molecule has 1 aliphatic heterocycles. The van der Waals surface area contributed by atoms with Gasteiger partial charge in [-0.3, -0.25) is 0 Å². The second-order valence-corrected chi connectivity index (χ2v) is 4.94. The molecule has 1 N–H and O–H groups in total. The highest BCUT2D eigenvalue weighted by Crippen LogP contribution is 2.40. The minimum absolute atomic E-state index is 0.932. The van der Waals surface area contributed by atoms with Crippen LogP contribution in [0.3, 0.4) is 0 Å². The summed E-state index contributed by atoms with van der Waals surface area (Å²) in [5.74, 6) is 0. The first-order valence-electron chi connectivity index (χ1n) is 6.26. The Morgan fingerprint density at radius 3 is 2.95 bits per heavy atom. The highest BCUT2D eigenvalue weighted by atomic mass is 15.3. The quantitative estimate of drug-likeness (QED) is 0.653. The van der Waals surface area contributed by atoms with Gasteiger partial charge in [-0.2, -0.15) is 0 Å². The molecule has 0 atom stereocenters. The van der Waals surface area contributed by atoms with E-state index in [0.29, 0.717) is 0 Å². The second-order valence-electron chi connectivity index (χ2n) is 4.94. The van der Waals surface area contributed by atoms with Gasteiger partial charge in [-0.25, -0.2) is 4.98 Å². The van der Waals surface area contributed by atoms with Gasteiger partial charge in [0.05, 0.1) is 0 Å². The number of nitrogens with zero attached hydrogens (tertiary/aromatic N) is 3. The summed E-state index contributed by atoms with van der Waals surface area (Å²) < 4.78 is 1.90. The maximum Gasteiger partial charge on any atom is 0.263 e. The number of H-pyrrole nitrogens is 1. The fraction of sp³-hybridized carbons (Fsp3) is 0.133. The summed E-state index contributed by atoms with van der Waals surface area (Å²) in [5, 5.41) is 5.46. The molecule has 0 spiro atoms. The lowest BCUT2D eigenvalue weighted by atomic mass is 10.0. The summed E-state index contributed by atoms with van der Waals surface area (Å²) in [7, 11) is 1.97. The van der Waals surface area contributed by atoms with Crippen molar-refractivity contribution >= 4 is 22.4 Å². The molecular formula is C15H13N4+. The Kier molecular flexibility index (Phi) is 1.93. The number of azo groups is 2. The van der Waals surface area contributed by atoms with E-state index in [1.165, 1.54) is 27.8 Å². The highest BCUT2D eigenvalue weighted by molar-refractivity contribution is 5.94. The van der Waals surface area contributed by atoms with Gasteiger partial charge in [0.2, 0.25) is 5.69 Å². The number of fused-ring (bicyclic) bond motifs is 2. The number of aromatic nitrogens is 2. The molecule has 0 amide bonds. The van der Waals surface area contributed by atoms with Crippen molar-refractivity contribution in [3.8, 4) is 11.1 Å². The van der Waals surface area contributed by atoms with Crippen LogP contribution < -0.4 is 0 Å². The summed E-state index contributed by atoms with van der Waals surface area (Å²) >= 11 is 0. The molecule has 3 heterocycles. The predicted molar refractivity (Wildman–Crippen MR) is 74.2 cm³/mol. The van der Waals surface area contributed by atoms with Crippen molar-refractivity contribution in [1.29, 1.82) is 0 Å². The van der Waals surface area contributed by atoms with Gasteiger partial charge >= 0.3 is 0 Å². The van der Waals surface area contributed by atoms with E-state index in [1.807, 2.05) is 24.1 Å². The van der Waals surface area contributed by atoms with Crippen LogP contribution in [0.25, 0.3) is 22.2 Å². The van der Waals surface area contributed by atoms with E-state index in [-0.39, 0.29) is 0 Å². The number of benzene rings is 1. The molecule has 0 unspecified atom stereocenters. The van der Waals surface area contributed by atoms with E-state index in [1.54, 1.807) is 0 Å². The molecule has 1 aliphatic rings. The molecule has 1 aromatic carbocycles. The fourth-order valence-electron chi connectivity index (χ4n) is 2.55. The Bertz CT molecular complexity index is 842. The third-order valence-electron chi connectivity index (χ3n) is 3.56. The minimum atomic E-state index is 0.932. The summed E-state index contributed by atoms with van der Waals surface area (Å²) in [5.41, 5.74) is 6.71. The van der Waals surface area contributed by atoms with Crippen molar-refractivity contribution in [2.45, 2.75) is 6.92 Å². The van der Waals surface area contributed by atoms with Crippen LogP contribution in [0.15, 0.2) is 41.8 Å². The number of aromatic amines is 1. The number of hydrogen-bond acceptors (Lipinski definition) is 2. The van der Waals surface area contributed by atoms with Gasteiger partial charge in [-0.15, -0.1) is 0 Å². The van der Waals surface area contributed by atoms with Crippen molar-refractivity contribution in [3.05, 3.63) is 42.2 Å². The van der Waals surface area contributed by atoms with E-state index in [0.717, 1.165) is 11.3 Å². The smallest absolute Gasteiger partial charge is 0.263 e. The molecule has 19 heavy (non-hydrogen) atoms. The lowest BCUT2D eigenvalue weighted by Crippen LogP contribution is -2.02. The van der Waals surface area contributed by atoms with Crippen molar-refractivity contribution in [1.82, 2.24) is 9.97 Å². The largest absolute Gasteiger partial charge is 0.346 e. The maximum atomic E-state index is 4.41. The van der Waals surface area contributed by atoms with Crippen molar-refractivity contribution in [3.63, 3.8) is 0 Å². The van der Waals surface area contributed by atoms with Gasteiger partial charge < -0.3 is 4.98 Å². The van der Waals surface area contributed by atoms with Gasteiger partial charge in [0.15, 0.2) is 7.05 Å². The number of rotatable bonds is 1. The molecule has 4 rings (SSSR count). The van der Waals surface area contributed by atoms with Gasteiger partial charge in [0, 0.05) is 34.5 Å². The monoisotopic (exact) mass is 249 g/mol. The molecule has 0 saturated heterocycles. The number of pyridine rings is 1. The molecule has 0 radical (unpaired) electrons. The lowest BCUT2D eigenvalue weighted by molar-refractivity contribution is -0.494. The summed E-state index contributed by atoms with van der Waals surface area (Å²) in [6.07, 6.45) is 3.90. The molecule has 2 aromatic heterocycles. The van der Waals surface area contributed by atoms with Crippen LogP contribution in [-0.4, -0.2) is 21.7 Å². The number of aryl methyl sites for hydroxylation is 1. The molecule has 4 nitrogen and oxygen atoms in total. The molecular weight excluding hydrogens is 236 g/mol. The third-order valence-corrected chi connectivity index (χ3v) is 3.56. The van der Waals surface area contributed by atoms with E-state index in [9.17, 15) is 0 Å². The van der Waals surface area contributed by atoms with Gasteiger partial charge in [0.1, 0.15) is 5.65 Å². The Balaban J connectivity index is 1.94. The van der Waals surface area contributed by atoms with Crippen LogP contribution in [0.1, 0.15) is 5.56 Å². The van der Waals surface area contributed by atoms with Crippen LogP contribution in [-0.2, 0) is 0 Å². The average Bonchev–Trinajstić information content (AvgIpc) is 2.81. The van der Waals surface area contributed by atoms with E-state index >= 15 is 0 Å². The molecule has 0 fully saturated rings. The standard InChI is InChI=1S/C15H12N4/c1-9-5-11-12(8-17-15(11)16-7-9)10-3-4-13-14(6-10)19(2)18-13/h3-8H,1-2H3/p+1. The van der Waals surface area contributed by atoms with Gasteiger partial charge in [0.25, 0.3) is 5.69 Å². The molecule has 0 saturated carbocycles. The van der Waals surface area contributed by atoms with Crippen molar-refractivity contribution in [2.24, 2.45) is 5.11 Å². The molecule has 4 heteroatoms. The van der Waals surface area contributed by atoms with E-state index in [4.69, 9.17) is 0 Å². The average molecular weight is 249 g/mol. The lowest BCUT2D eigenvalue weighted by Gasteiger charge is -2.08. The first-order chi connectivity index (χ1) is 9.22. The molecule has 0 bridgehead atoms. The van der Waals surface area contributed by atoms with E-state index < -0.39 is 0 Å². The van der Waals surface area contributed by atoms with Crippen LogP contribution >= 0.6 is 0 Å². The summed E-state index contributed by atoms with van der Waals surface area (Å²) in [6, 6.07) is 8.52. The zero-order valence-electron chi connectivity index (χ0n) is 10.8. The zero-order chi connectivity index (χ0) is 13.0. The highest BCUT2D eigenvalue weighted by Gasteiger charge is 2.25. The van der Waals surface area contributed by atoms with Crippen molar-refractivity contribution in [2.75, 3.05) is 7.05 Å². The van der Waals surface area contributed by atoms with E-state index in [2.05, 4.69) is 46.3 Å². The van der Waals surface area contributed by atoms with Gasteiger partial charge in [-0.1, -0.05) is 10.8 Å². The van der Waals surface area contributed by atoms with Crippen LogP contribution in [0.2, 0.25) is 0 Å². The van der Waals surface area contributed by atoms with Crippen LogP contribution in [0, 0.1) is 6.92 Å². The first-order valence-corrected chi connectivity index (χ1v) is 6.26. The third kappa shape index (κ3) is 1.43. The molecule has 3 aromatic rings. The second kappa shape index (κ2) is 3.51. The Hall–Kier alpha value is -2.49. The Morgan fingerprint density at radius 2 is 2.11 bits per heavy atom. The Morgan fingerprint density at radius 1 is 1.21 bits per heavy atom. The van der Waals surface area contributed by atoms with Crippen molar-refractivity contribution < 1.29 is 4.70 Å². The SMILES string of the molecule is Cc1cnc2[nH]cc(-c3ccc4c(c3)[N+](C)=N4)c2c1. The summed E-state index contributed by atoms with van der Waals surface area (Å²) in [6.45, 7) is 2.06. The van der Waals surface area contributed by atoms with Gasteiger partial charge in [-0.05, 0) is 30.2 Å². The minimum Gasteiger partial charge on any atom is -0.346 e. The number of hydrogen-bond donors (Lipinski definition) is 1. The zero-order valence-corrected chi connectivity index (χ0v) is 10.8. The molecule has 0 aliphatic carbocycles.